The zero-order chi connectivity index (χ0) is 20.3. The van der Waals surface area contributed by atoms with Gasteiger partial charge in [0.25, 0.3) is 0 Å². The first-order valence-electron chi connectivity index (χ1n) is 7.52. The summed E-state index contributed by atoms with van der Waals surface area (Å²) in [5.74, 6) is -1.47. The zero-order valence-corrected chi connectivity index (χ0v) is 15.8. The Kier molecular flexibility index (Phi) is 6.65. The van der Waals surface area contributed by atoms with Crippen LogP contribution in [0.15, 0.2) is 18.2 Å². The third-order valence-corrected chi connectivity index (χ3v) is 3.59. The van der Waals surface area contributed by atoms with E-state index in [-0.39, 0.29) is 17.9 Å². The molecule has 0 spiro atoms. The largest absolute Gasteiger partial charge is 0.524 e. The summed E-state index contributed by atoms with van der Waals surface area (Å²) in [6.45, 7) is 4.98. The fourth-order valence-electron chi connectivity index (χ4n) is 2.01. The van der Waals surface area contributed by atoms with E-state index in [1.807, 2.05) is 0 Å². The second-order valence-corrected chi connectivity index (χ2v) is 7.77. The van der Waals surface area contributed by atoms with Gasteiger partial charge in [-0.1, -0.05) is 6.07 Å². The Hall–Kier alpha value is -2.29. The molecule has 0 aliphatic heterocycles. The van der Waals surface area contributed by atoms with Gasteiger partial charge in [0.15, 0.2) is 5.75 Å². The van der Waals surface area contributed by atoms with Gasteiger partial charge in [-0.15, -0.1) is 0 Å². The molecule has 0 saturated carbocycles. The minimum atomic E-state index is -4.77. The van der Waals surface area contributed by atoms with Crippen molar-refractivity contribution in [3.8, 4) is 5.75 Å². The van der Waals surface area contributed by atoms with Crippen molar-refractivity contribution in [2.24, 2.45) is 0 Å². The summed E-state index contributed by atoms with van der Waals surface area (Å²) in [5, 5.41) is 9.42. The lowest BCUT2D eigenvalue weighted by atomic mass is 10.0. The first-order valence-corrected chi connectivity index (χ1v) is 9.05. The van der Waals surface area contributed by atoms with E-state index in [9.17, 15) is 19.3 Å². The van der Waals surface area contributed by atoms with E-state index < -0.39 is 31.5 Å². The number of hydrogen-bond donors (Lipinski definition) is 4. The van der Waals surface area contributed by atoms with E-state index >= 15 is 0 Å². The summed E-state index contributed by atoms with van der Waals surface area (Å²) in [5.41, 5.74) is 5.26. The highest BCUT2D eigenvalue weighted by molar-refractivity contribution is 7.46. The van der Waals surface area contributed by atoms with Crippen molar-refractivity contribution in [3.05, 3.63) is 23.8 Å². The summed E-state index contributed by atoms with van der Waals surface area (Å²) in [4.78, 5) is 42.2. The van der Waals surface area contributed by atoms with Crippen LogP contribution in [0.3, 0.4) is 0 Å². The number of ether oxygens (including phenoxy) is 1. The molecule has 1 amide bonds. The Morgan fingerprint density at radius 3 is 2.31 bits per heavy atom. The maximum Gasteiger partial charge on any atom is 0.524 e. The quantitative estimate of drug-likeness (QED) is 0.418. The van der Waals surface area contributed by atoms with E-state index in [2.05, 4.69) is 4.52 Å². The molecule has 1 rings (SSSR count). The third kappa shape index (κ3) is 6.91. The topological polar surface area (TPSA) is 160 Å². The van der Waals surface area contributed by atoms with Gasteiger partial charge >= 0.3 is 19.9 Å². The number of benzene rings is 1. The number of anilines is 1. The van der Waals surface area contributed by atoms with Gasteiger partial charge in [0.05, 0.1) is 5.69 Å². The number of carboxylic acid groups (broad SMARTS) is 1. The third-order valence-electron chi connectivity index (χ3n) is 3.15. The predicted octanol–water partition coefficient (Wildman–Crippen LogP) is 1.60. The average molecular weight is 390 g/mol. The van der Waals surface area contributed by atoms with Crippen LogP contribution in [0.25, 0.3) is 0 Å². The predicted molar refractivity (Wildman–Crippen MR) is 92.7 cm³/mol. The zero-order valence-electron chi connectivity index (χ0n) is 14.9. The molecule has 0 aliphatic carbocycles. The van der Waals surface area contributed by atoms with E-state index in [1.54, 1.807) is 20.8 Å². The van der Waals surface area contributed by atoms with Crippen LogP contribution in [0, 0.1) is 0 Å². The lowest BCUT2D eigenvalue weighted by molar-refractivity contribution is -0.142. The van der Waals surface area contributed by atoms with Crippen LogP contribution in [-0.4, -0.2) is 50.5 Å². The van der Waals surface area contributed by atoms with Crippen molar-refractivity contribution in [2.75, 3.05) is 12.8 Å². The van der Waals surface area contributed by atoms with E-state index in [1.165, 1.54) is 25.2 Å². The molecule has 11 heteroatoms. The molecule has 0 unspecified atom stereocenters. The molecule has 0 aliphatic rings. The van der Waals surface area contributed by atoms with E-state index in [0.717, 1.165) is 4.90 Å². The molecular formula is C15H23N2O8P. The molecule has 26 heavy (non-hydrogen) atoms. The maximum atomic E-state index is 12.1. The fourth-order valence-corrected chi connectivity index (χ4v) is 2.43. The molecule has 0 bridgehead atoms. The number of phosphoric acid groups is 1. The number of hydrogen-bond acceptors (Lipinski definition) is 6. The minimum absolute atomic E-state index is 0.0742. The Bertz CT molecular complexity index is 725. The number of amides is 1. The first-order chi connectivity index (χ1) is 11.7. The van der Waals surface area contributed by atoms with Crippen LogP contribution < -0.4 is 10.3 Å². The van der Waals surface area contributed by atoms with Gasteiger partial charge in [0, 0.05) is 13.5 Å². The number of carbonyl (C=O) groups is 2. The van der Waals surface area contributed by atoms with Gasteiger partial charge < -0.3 is 20.1 Å². The molecule has 1 aromatic carbocycles. The molecule has 5 N–H and O–H groups in total. The molecule has 0 saturated heterocycles. The number of nitrogens with zero attached hydrogens (tertiary/aromatic N) is 1. The number of rotatable bonds is 6. The summed E-state index contributed by atoms with van der Waals surface area (Å²) >= 11 is 0. The molecule has 0 heterocycles. The molecule has 0 radical (unpaired) electrons. The standard InChI is InChI=1S/C15H23N2O8P/c1-15(2,3)24-14(20)17(4)11(13(18)19)8-9-5-6-12(10(16)7-9)25-26(21,22)23/h5-7,11H,8,16H2,1-4H3,(H,18,19)(H2,21,22,23)/t11-/m0/s1. The Labute approximate surface area is 150 Å². The van der Waals surface area contributed by atoms with Gasteiger partial charge in [0.1, 0.15) is 11.6 Å². The number of aliphatic carboxylic acids is 1. The van der Waals surface area contributed by atoms with Crippen LogP contribution in [-0.2, 0) is 20.5 Å². The molecule has 146 valence electrons. The fraction of sp³-hybridized carbons (Fsp3) is 0.467. The summed E-state index contributed by atoms with van der Waals surface area (Å²) in [6, 6.07) is 2.72. The van der Waals surface area contributed by atoms with Crippen molar-refractivity contribution >= 4 is 25.6 Å². The number of carbonyl (C=O) groups excluding carboxylic acids is 1. The van der Waals surface area contributed by atoms with Crippen LogP contribution in [0.4, 0.5) is 10.5 Å². The number of phosphoric ester groups is 1. The van der Waals surface area contributed by atoms with Crippen LogP contribution in [0.1, 0.15) is 26.3 Å². The van der Waals surface area contributed by atoms with Gasteiger partial charge in [0.2, 0.25) is 0 Å². The van der Waals surface area contributed by atoms with E-state index in [0.29, 0.717) is 5.56 Å². The summed E-state index contributed by atoms with van der Waals surface area (Å²) in [7, 11) is -3.46. The second-order valence-electron chi connectivity index (χ2n) is 6.60. The number of nitrogens with two attached hydrogens (primary N) is 1. The summed E-state index contributed by atoms with van der Waals surface area (Å²) < 4.78 is 20.4. The van der Waals surface area contributed by atoms with Crippen molar-refractivity contribution < 1.29 is 38.3 Å². The highest BCUT2D eigenvalue weighted by Crippen LogP contribution is 2.40. The highest BCUT2D eigenvalue weighted by Gasteiger charge is 2.30. The van der Waals surface area contributed by atoms with E-state index in [4.69, 9.17) is 20.3 Å². The molecular weight excluding hydrogens is 367 g/mol. The molecule has 0 fully saturated rings. The van der Waals surface area contributed by atoms with Crippen LogP contribution in [0.5, 0.6) is 5.75 Å². The van der Waals surface area contributed by atoms with Crippen molar-refractivity contribution in [2.45, 2.75) is 38.8 Å². The maximum absolute atomic E-state index is 12.1. The molecule has 10 nitrogen and oxygen atoms in total. The summed E-state index contributed by atoms with van der Waals surface area (Å²) in [6.07, 6.45) is -0.884. The van der Waals surface area contributed by atoms with Crippen LogP contribution >= 0.6 is 7.82 Å². The SMILES string of the molecule is CN(C(=O)OC(C)(C)C)[C@@H](Cc1ccc(OP(=O)(O)O)c(N)c1)C(=O)O. The minimum Gasteiger partial charge on any atom is -0.480 e. The number of likely N-dealkylation sites (N-methyl/N-ethyl adjacent to an activating group) is 1. The Balaban J connectivity index is 2.97. The lowest BCUT2D eigenvalue weighted by Crippen LogP contribution is -2.46. The first kappa shape index (κ1) is 21.8. The normalized spacial score (nSPS) is 13.0. The lowest BCUT2D eigenvalue weighted by Gasteiger charge is -2.28. The van der Waals surface area contributed by atoms with Gasteiger partial charge in [-0.2, -0.15) is 0 Å². The Morgan fingerprint density at radius 1 is 1.31 bits per heavy atom. The van der Waals surface area contributed by atoms with Gasteiger partial charge in [-0.25, -0.2) is 14.2 Å². The van der Waals surface area contributed by atoms with Crippen molar-refractivity contribution in [1.29, 1.82) is 0 Å². The smallest absolute Gasteiger partial charge is 0.480 e. The van der Waals surface area contributed by atoms with Crippen LogP contribution in [0.2, 0.25) is 0 Å². The Morgan fingerprint density at radius 2 is 1.88 bits per heavy atom. The molecule has 1 aromatic rings. The molecule has 0 aromatic heterocycles. The van der Waals surface area contributed by atoms with Crippen molar-refractivity contribution in [3.63, 3.8) is 0 Å². The highest BCUT2D eigenvalue weighted by atomic mass is 31.2. The number of carboxylic acids is 1. The molecule has 1 atom stereocenters. The number of nitrogen functional groups attached to an aromatic ring is 1. The van der Waals surface area contributed by atoms with Gasteiger partial charge in [-0.05, 0) is 38.5 Å². The monoisotopic (exact) mass is 390 g/mol. The second kappa shape index (κ2) is 7.94. The van der Waals surface area contributed by atoms with Gasteiger partial charge in [-0.3, -0.25) is 14.7 Å². The average Bonchev–Trinajstić information content (AvgIpc) is 2.43. The van der Waals surface area contributed by atoms with Crippen molar-refractivity contribution in [1.82, 2.24) is 4.90 Å².